The number of aromatic amines is 1. The Hall–Kier alpha value is -2.33. The standard InChI is InChI=1S/C23H28N4/c1-14-15(2)25-21-6-4-18(12-20(14)21)19-5-7-22(24-13-19)26-23-16(3)27-10-8-17(23)9-11-27/h4-7,12-13,16-17,23,25H,8-11H2,1-3H3,(H,24,26)/t16-,23-/m1/s1. The number of benzene rings is 1. The van der Waals surface area contributed by atoms with Gasteiger partial charge in [-0.25, -0.2) is 4.98 Å². The summed E-state index contributed by atoms with van der Waals surface area (Å²) >= 11 is 0. The number of hydrogen-bond acceptors (Lipinski definition) is 3. The van der Waals surface area contributed by atoms with Crippen LogP contribution in [0.25, 0.3) is 22.0 Å². The SMILES string of the molecule is Cc1[nH]c2ccc(-c3ccc(N[C@H]4C5CCN(CC5)[C@@H]4C)nc3)cc2c1C. The number of aromatic nitrogens is 2. The van der Waals surface area contributed by atoms with Crippen molar-refractivity contribution in [2.45, 2.75) is 45.7 Å². The number of rotatable bonds is 3. The van der Waals surface area contributed by atoms with Crippen molar-refractivity contribution in [3.8, 4) is 11.1 Å². The van der Waals surface area contributed by atoms with E-state index in [0.717, 1.165) is 11.7 Å². The van der Waals surface area contributed by atoms with Crippen LogP contribution < -0.4 is 5.32 Å². The molecule has 27 heavy (non-hydrogen) atoms. The number of fused-ring (bicyclic) bond motifs is 4. The minimum Gasteiger partial charge on any atom is -0.365 e. The fourth-order valence-corrected chi connectivity index (χ4v) is 5.01. The number of anilines is 1. The van der Waals surface area contributed by atoms with Gasteiger partial charge in [0.1, 0.15) is 5.82 Å². The summed E-state index contributed by atoms with van der Waals surface area (Å²) < 4.78 is 0. The van der Waals surface area contributed by atoms with Gasteiger partial charge in [0.2, 0.25) is 0 Å². The third-order valence-electron chi connectivity index (χ3n) is 6.90. The molecule has 140 valence electrons. The molecule has 2 atom stereocenters. The summed E-state index contributed by atoms with van der Waals surface area (Å²) in [6.07, 6.45) is 4.63. The summed E-state index contributed by atoms with van der Waals surface area (Å²) in [7, 11) is 0. The van der Waals surface area contributed by atoms with E-state index in [4.69, 9.17) is 4.98 Å². The van der Waals surface area contributed by atoms with Crippen molar-refractivity contribution < 1.29 is 0 Å². The molecule has 0 aliphatic carbocycles. The highest BCUT2D eigenvalue weighted by Gasteiger charge is 2.39. The van der Waals surface area contributed by atoms with Crippen LogP contribution in [0.1, 0.15) is 31.0 Å². The minimum atomic E-state index is 0.521. The number of piperidine rings is 3. The van der Waals surface area contributed by atoms with Crippen LogP contribution in [0.5, 0.6) is 0 Å². The van der Waals surface area contributed by atoms with Crippen LogP contribution in [0.15, 0.2) is 36.5 Å². The molecule has 4 nitrogen and oxygen atoms in total. The third-order valence-corrected chi connectivity index (χ3v) is 6.90. The van der Waals surface area contributed by atoms with Crippen molar-refractivity contribution in [2.24, 2.45) is 5.92 Å². The zero-order valence-corrected chi connectivity index (χ0v) is 16.4. The topological polar surface area (TPSA) is 44.0 Å². The minimum absolute atomic E-state index is 0.521. The highest BCUT2D eigenvalue weighted by atomic mass is 15.2. The Bertz CT molecular complexity index is 962. The first kappa shape index (κ1) is 16.8. The lowest BCUT2D eigenvalue weighted by molar-refractivity contribution is 0.0457. The lowest BCUT2D eigenvalue weighted by atomic mass is 9.79. The molecule has 3 saturated heterocycles. The molecule has 1 aromatic carbocycles. The van der Waals surface area contributed by atoms with Gasteiger partial charge in [0.05, 0.1) is 0 Å². The van der Waals surface area contributed by atoms with E-state index >= 15 is 0 Å². The van der Waals surface area contributed by atoms with E-state index in [1.807, 2.05) is 6.20 Å². The smallest absolute Gasteiger partial charge is 0.126 e. The molecule has 4 heteroatoms. The van der Waals surface area contributed by atoms with Gasteiger partial charge in [-0.1, -0.05) is 6.07 Å². The molecule has 3 aliphatic rings. The average Bonchev–Trinajstić information content (AvgIpc) is 2.99. The molecule has 2 N–H and O–H groups in total. The van der Waals surface area contributed by atoms with E-state index in [2.05, 4.69) is 66.3 Å². The molecule has 3 aromatic rings. The monoisotopic (exact) mass is 360 g/mol. The van der Waals surface area contributed by atoms with Crippen LogP contribution in [0.4, 0.5) is 5.82 Å². The largest absolute Gasteiger partial charge is 0.365 e. The maximum Gasteiger partial charge on any atom is 0.126 e. The van der Waals surface area contributed by atoms with Crippen LogP contribution in [-0.2, 0) is 0 Å². The quantitative estimate of drug-likeness (QED) is 0.709. The van der Waals surface area contributed by atoms with Gasteiger partial charge in [0, 0.05) is 40.4 Å². The Labute approximate surface area is 161 Å². The second kappa shape index (κ2) is 6.38. The highest BCUT2D eigenvalue weighted by Crippen LogP contribution is 2.34. The van der Waals surface area contributed by atoms with Crippen LogP contribution in [0.3, 0.4) is 0 Å². The molecule has 0 unspecified atom stereocenters. The summed E-state index contributed by atoms with van der Waals surface area (Å²) in [5.74, 6) is 1.78. The number of H-pyrrole nitrogens is 1. The Morgan fingerprint density at radius 3 is 2.56 bits per heavy atom. The van der Waals surface area contributed by atoms with Gasteiger partial charge >= 0.3 is 0 Å². The number of aryl methyl sites for hydroxylation is 2. The second-order valence-electron chi connectivity index (χ2n) is 8.35. The molecule has 0 saturated carbocycles. The third kappa shape index (κ3) is 2.83. The molecule has 0 spiro atoms. The van der Waals surface area contributed by atoms with Crippen molar-refractivity contribution >= 4 is 16.7 Å². The second-order valence-corrected chi connectivity index (χ2v) is 8.35. The molecule has 0 radical (unpaired) electrons. The Morgan fingerprint density at radius 1 is 1.07 bits per heavy atom. The first-order valence-electron chi connectivity index (χ1n) is 10.2. The lowest BCUT2D eigenvalue weighted by Crippen LogP contribution is -2.59. The molecule has 5 heterocycles. The van der Waals surface area contributed by atoms with Gasteiger partial charge in [-0.15, -0.1) is 0 Å². The van der Waals surface area contributed by atoms with Gasteiger partial charge in [0.15, 0.2) is 0 Å². The zero-order valence-electron chi connectivity index (χ0n) is 16.4. The molecule has 2 aromatic heterocycles. The molecule has 0 amide bonds. The van der Waals surface area contributed by atoms with Crippen molar-refractivity contribution in [1.29, 1.82) is 0 Å². The van der Waals surface area contributed by atoms with Crippen LogP contribution in [0, 0.1) is 19.8 Å². The maximum atomic E-state index is 4.74. The molecule has 2 bridgehead atoms. The molecular weight excluding hydrogens is 332 g/mol. The summed E-state index contributed by atoms with van der Waals surface area (Å²) in [4.78, 5) is 10.8. The molecule has 3 fully saturated rings. The summed E-state index contributed by atoms with van der Waals surface area (Å²) in [5, 5.41) is 5.02. The fourth-order valence-electron chi connectivity index (χ4n) is 5.01. The molecule has 3 aliphatic heterocycles. The number of pyridine rings is 1. The maximum absolute atomic E-state index is 4.74. The fraction of sp³-hybridized carbons (Fsp3) is 0.435. The number of nitrogens with one attached hydrogen (secondary N) is 2. The predicted molar refractivity (Wildman–Crippen MR) is 112 cm³/mol. The summed E-state index contributed by atoms with van der Waals surface area (Å²) in [5.41, 5.74) is 6.17. The molecule has 6 rings (SSSR count). The van der Waals surface area contributed by atoms with E-state index in [9.17, 15) is 0 Å². The first-order valence-corrected chi connectivity index (χ1v) is 10.2. The Balaban J connectivity index is 1.38. The summed E-state index contributed by atoms with van der Waals surface area (Å²) in [6.45, 7) is 9.19. The average molecular weight is 361 g/mol. The Morgan fingerprint density at radius 2 is 1.85 bits per heavy atom. The van der Waals surface area contributed by atoms with E-state index < -0.39 is 0 Å². The van der Waals surface area contributed by atoms with Crippen molar-refractivity contribution in [3.05, 3.63) is 47.8 Å². The number of hydrogen-bond donors (Lipinski definition) is 2. The highest BCUT2D eigenvalue weighted by molar-refractivity contribution is 5.88. The van der Waals surface area contributed by atoms with Gasteiger partial charge < -0.3 is 10.3 Å². The number of nitrogens with zero attached hydrogens (tertiary/aromatic N) is 2. The van der Waals surface area contributed by atoms with E-state index in [-0.39, 0.29) is 0 Å². The van der Waals surface area contributed by atoms with Crippen LogP contribution >= 0.6 is 0 Å². The van der Waals surface area contributed by atoms with Gasteiger partial charge in [0.25, 0.3) is 0 Å². The van der Waals surface area contributed by atoms with E-state index in [1.54, 1.807) is 0 Å². The predicted octanol–water partition coefficient (Wildman–Crippen LogP) is 4.74. The zero-order chi connectivity index (χ0) is 18.5. The van der Waals surface area contributed by atoms with Crippen molar-refractivity contribution in [1.82, 2.24) is 14.9 Å². The van der Waals surface area contributed by atoms with E-state index in [0.29, 0.717) is 12.1 Å². The summed E-state index contributed by atoms with van der Waals surface area (Å²) in [6, 6.07) is 12.1. The van der Waals surface area contributed by atoms with Crippen LogP contribution in [0.2, 0.25) is 0 Å². The Kier molecular flexibility index (Phi) is 3.97. The van der Waals surface area contributed by atoms with Gasteiger partial charge in [-0.05, 0) is 88.0 Å². The van der Waals surface area contributed by atoms with Gasteiger partial charge in [-0.3, -0.25) is 4.90 Å². The normalized spacial score (nSPS) is 27.2. The van der Waals surface area contributed by atoms with Crippen molar-refractivity contribution in [2.75, 3.05) is 18.4 Å². The molecular formula is C23H28N4. The van der Waals surface area contributed by atoms with Crippen molar-refractivity contribution in [3.63, 3.8) is 0 Å². The van der Waals surface area contributed by atoms with Crippen LogP contribution in [-0.4, -0.2) is 40.0 Å². The first-order chi connectivity index (χ1) is 13.1. The van der Waals surface area contributed by atoms with E-state index in [1.165, 1.54) is 59.2 Å². The lowest BCUT2D eigenvalue weighted by Gasteiger charge is -2.50. The van der Waals surface area contributed by atoms with Gasteiger partial charge in [-0.2, -0.15) is 0 Å².